The highest BCUT2D eigenvalue weighted by atomic mass is 35.5. The van der Waals surface area contributed by atoms with Crippen LogP contribution in [0.15, 0.2) is 35.9 Å². The van der Waals surface area contributed by atoms with E-state index in [1.807, 2.05) is 24.3 Å². The van der Waals surface area contributed by atoms with Crippen molar-refractivity contribution in [1.82, 2.24) is 5.32 Å². The molecule has 1 amide bonds. The van der Waals surface area contributed by atoms with Gasteiger partial charge in [-0.2, -0.15) is 5.26 Å². The molecule has 3 rings (SSSR count). The van der Waals surface area contributed by atoms with Crippen molar-refractivity contribution in [3.05, 3.63) is 52.1 Å². The van der Waals surface area contributed by atoms with Crippen LogP contribution < -0.4 is 24.3 Å². The van der Waals surface area contributed by atoms with E-state index in [-0.39, 0.29) is 5.57 Å². The first-order valence-corrected chi connectivity index (χ1v) is 10.1. The van der Waals surface area contributed by atoms with Gasteiger partial charge in [-0.1, -0.05) is 17.7 Å². The molecule has 0 saturated carbocycles. The fraction of sp³-hybridized carbons (Fsp3) is 0.304. The summed E-state index contributed by atoms with van der Waals surface area (Å²) in [6.45, 7) is 1.39. The molecule has 0 fully saturated rings. The van der Waals surface area contributed by atoms with Crippen LogP contribution in [0.4, 0.5) is 0 Å². The Morgan fingerprint density at radius 2 is 1.97 bits per heavy atom. The van der Waals surface area contributed by atoms with E-state index in [0.717, 1.165) is 12.0 Å². The van der Waals surface area contributed by atoms with Crippen molar-refractivity contribution in [3.8, 4) is 29.1 Å². The molecule has 0 saturated heterocycles. The van der Waals surface area contributed by atoms with Gasteiger partial charge in [0.2, 0.25) is 0 Å². The number of ether oxygens (including phenoxy) is 4. The first-order valence-electron chi connectivity index (χ1n) is 9.75. The van der Waals surface area contributed by atoms with Crippen molar-refractivity contribution < 1.29 is 23.7 Å². The quantitative estimate of drug-likeness (QED) is 0.518. The highest BCUT2D eigenvalue weighted by molar-refractivity contribution is 6.32. The first-order chi connectivity index (χ1) is 15.0. The smallest absolute Gasteiger partial charge is 0.261 e. The molecule has 0 radical (unpaired) electrons. The van der Waals surface area contributed by atoms with E-state index in [0.29, 0.717) is 59.8 Å². The molecule has 1 aliphatic heterocycles. The number of carbonyl (C=O) groups excluding carboxylic acids is 1. The standard InChI is InChI=1S/C23H23ClN2O5/c1-28-19-5-4-15(12-20(19)29-2)6-7-26-23(27)17(14-25)10-16-11-18(24)22-21(13-16)30-8-3-9-31-22/h4-5,10-13H,3,6-9H2,1-2H3,(H,26,27)/b17-10+. The number of methoxy groups -OCH3 is 2. The Kier molecular flexibility index (Phi) is 7.63. The number of hydrogen-bond acceptors (Lipinski definition) is 6. The van der Waals surface area contributed by atoms with Gasteiger partial charge in [0.15, 0.2) is 23.0 Å². The predicted molar refractivity (Wildman–Crippen MR) is 117 cm³/mol. The van der Waals surface area contributed by atoms with E-state index in [1.165, 1.54) is 6.08 Å². The molecule has 7 nitrogen and oxygen atoms in total. The van der Waals surface area contributed by atoms with Crippen LogP contribution in [0.25, 0.3) is 6.08 Å². The molecule has 1 heterocycles. The molecule has 8 heteroatoms. The highest BCUT2D eigenvalue weighted by Crippen LogP contribution is 2.38. The molecule has 162 valence electrons. The maximum Gasteiger partial charge on any atom is 0.261 e. The number of halogens is 1. The molecule has 0 atom stereocenters. The van der Waals surface area contributed by atoms with E-state index < -0.39 is 5.91 Å². The summed E-state index contributed by atoms with van der Waals surface area (Å²) in [5.74, 6) is 1.77. The summed E-state index contributed by atoms with van der Waals surface area (Å²) in [6, 6.07) is 10.9. The highest BCUT2D eigenvalue weighted by Gasteiger charge is 2.16. The van der Waals surface area contributed by atoms with Crippen LogP contribution in [0.5, 0.6) is 23.0 Å². The molecule has 0 bridgehead atoms. The van der Waals surface area contributed by atoms with E-state index in [2.05, 4.69) is 5.32 Å². The van der Waals surface area contributed by atoms with Gasteiger partial charge >= 0.3 is 0 Å². The van der Waals surface area contributed by atoms with Crippen LogP contribution in [0.2, 0.25) is 5.02 Å². The van der Waals surface area contributed by atoms with Crippen molar-refractivity contribution in [2.75, 3.05) is 34.0 Å². The Morgan fingerprint density at radius 1 is 1.19 bits per heavy atom. The second-order valence-electron chi connectivity index (χ2n) is 6.75. The third-order valence-electron chi connectivity index (χ3n) is 4.65. The minimum absolute atomic E-state index is 0.0298. The number of benzene rings is 2. The number of fused-ring (bicyclic) bond motifs is 1. The molecule has 0 aromatic heterocycles. The summed E-state index contributed by atoms with van der Waals surface area (Å²) in [7, 11) is 3.14. The zero-order chi connectivity index (χ0) is 22.2. The molecular weight excluding hydrogens is 420 g/mol. The van der Waals surface area contributed by atoms with Gasteiger partial charge in [-0.15, -0.1) is 0 Å². The molecule has 2 aromatic rings. The lowest BCUT2D eigenvalue weighted by molar-refractivity contribution is -0.117. The summed E-state index contributed by atoms with van der Waals surface area (Å²) in [4.78, 5) is 12.5. The van der Waals surface area contributed by atoms with E-state index in [1.54, 1.807) is 26.4 Å². The maximum absolute atomic E-state index is 12.5. The van der Waals surface area contributed by atoms with Gasteiger partial charge in [0.25, 0.3) is 5.91 Å². The number of nitrogens with zero attached hydrogens (tertiary/aromatic N) is 1. The lowest BCUT2D eigenvalue weighted by Crippen LogP contribution is -2.26. The summed E-state index contributed by atoms with van der Waals surface area (Å²) < 4.78 is 21.8. The minimum atomic E-state index is -0.466. The SMILES string of the molecule is COc1ccc(CCNC(=O)/C(C#N)=C/c2cc(Cl)c3c(c2)OCCCO3)cc1OC. The molecule has 1 N–H and O–H groups in total. The maximum atomic E-state index is 12.5. The van der Waals surface area contributed by atoms with E-state index in [9.17, 15) is 10.1 Å². The lowest BCUT2D eigenvalue weighted by Gasteiger charge is -2.11. The second-order valence-corrected chi connectivity index (χ2v) is 7.15. The van der Waals surface area contributed by atoms with Crippen LogP contribution in [0, 0.1) is 11.3 Å². The first kappa shape index (κ1) is 22.3. The van der Waals surface area contributed by atoms with Gasteiger partial charge in [0, 0.05) is 13.0 Å². The Labute approximate surface area is 186 Å². The summed E-state index contributed by atoms with van der Waals surface area (Å²) >= 11 is 6.29. The molecular formula is C23H23ClN2O5. The Morgan fingerprint density at radius 3 is 2.71 bits per heavy atom. The van der Waals surface area contributed by atoms with Crippen LogP contribution in [-0.4, -0.2) is 39.9 Å². The Bertz CT molecular complexity index is 1030. The van der Waals surface area contributed by atoms with Gasteiger partial charge in [0.1, 0.15) is 11.6 Å². The molecule has 0 spiro atoms. The largest absolute Gasteiger partial charge is 0.493 e. The van der Waals surface area contributed by atoms with Gasteiger partial charge in [0.05, 0.1) is 32.5 Å². The topological polar surface area (TPSA) is 89.8 Å². The second kappa shape index (κ2) is 10.6. The molecule has 0 unspecified atom stereocenters. The van der Waals surface area contributed by atoms with Crippen LogP contribution in [0.1, 0.15) is 17.5 Å². The van der Waals surface area contributed by atoms with Gasteiger partial charge in [-0.3, -0.25) is 4.79 Å². The number of amides is 1. The average Bonchev–Trinajstić information content (AvgIpc) is 3.03. The Hall–Kier alpha value is -3.37. The van der Waals surface area contributed by atoms with Gasteiger partial charge in [-0.05, 0) is 47.9 Å². The fourth-order valence-electron chi connectivity index (χ4n) is 3.10. The number of rotatable bonds is 7. The molecule has 0 aliphatic carbocycles. The number of nitriles is 1. The summed E-state index contributed by atoms with van der Waals surface area (Å²) in [5.41, 5.74) is 1.52. The number of hydrogen-bond donors (Lipinski definition) is 1. The number of carbonyl (C=O) groups is 1. The zero-order valence-electron chi connectivity index (χ0n) is 17.4. The van der Waals surface area contributed by atoms with Gasteiger partial charge in [-0.25, -0.2) is 0 Å². The monoisotopic (exact) mass is 442 g/mol. The predicted octanol–water partition coefficient (Wildman–Crippen LogP) is 3.78. The van der Waals surface area contributed by atoms with Crippen LogP contribution in [-0.2, 0) is 11.2 Å². The van der Waals surface area contributed by atoms with Crippen molar-refractivity contribution in [2.24, 2.45) is 0 Å². The van der Waals surface area contributed by atoms with E-state index in [4.69, 9.17) is 30.5 Å². The van der Waals surface area contributed by atoms with Gasteiger partial charge < -0.3 is 24.3 Å². The third-order valence-corrected chi connectivity index (χ3v) is 4.93. The molecule has 2 aromatic carbocycles. The average molecular weight is 443 g/mol. The summed E-state index contributed by atoms with van der Waals surface area (Å²) in [5, 5.41) is 12.6. The molecule has 1 aliphatic rings. The normalized spacial score (nSPS) is 13.0. The molecule has 31 heavy (non-hydrogen) atoms. The van der Waals surface area contributed by atoms with Crippen LogP contribution in [0.3, 0.4) is 0 Å². The summed E-state index contributed by atoms with van der Waals surface area (Å²) in [6.07, 6.45) is 2.80. The van der Waals surface area contributed by atoms with Crippen molar-refractivity contribution in [2.45, 2.75) is 12.8 Å². The minimum Gasteiger partial charge on any atom is -0.493 e. The fourth-order valence-corrected chi connectivity index (χ4v) is 3.37. The zero-order valence-corrected chi connectivity index (χ0v) is 18.1. The number of nitrogens with one attached hydrogen (secondary N) is 1. The van der Waals surface area contributed by atoms with Crippen LogP contribution >= 0.6 is 11.6 Å². The van der Waals surface area contributed by atoms with Crippen molar-refractivity contribution in [3.63, 3.8) is 0 Å². The lowest BCUT2D eigenvalue weighted by atomic mass is 10.1. The van der Waals surface area contributed by atoms with Crippen molar-refractivity contribution >= 4 is 23.6 Å². The van der Waals surface area contributed by atoms with E-state index >= 15 is 0 Å². The van der Waals surface area contributed by atoms with Crippen molar-refractivity contribution in [1.29, 1.82) is 5.26 Å². The Balaban J connectivity index is 1.67. The third kappa shape index (κ3) is 5.62.